The number of aliphatic hydroxyl groups excluding tert-OH is 1. The van der Waals surface area contributed by atoms with Gasteiger partial charge in [-0.15, -0.1) is 0 Å². The van der Waals surface area contributed by atoms with Crippen molar-refractivity contribution in [3.63, 3.8) is 0 Å². The maximum Gasteiger partial charge on any atom is 0.407 e. The summed E-state index contributed by atoms with van der Waals surface area (Å²) in [7, 11) is 0. The van der Waals surface area contributed by atoms with E-state index in [1.807, 2.05) is 48.5 Å². The first-order valence-corrected chi connectivity index (χ1v) is 11.9. The summed E-state index contributed by atoms with van der Waals surface area (Å²) in [6.45, 7) is 2.83. The van der Waals surface area contributed by atoms with Crippen LogP contribution >= 0.6 is 0 Å². The van der Waals surface area contributed by atoms with E-state index >= 15 is 0 Å². The van der Waals surface area contributed by atoms with E-state index in [1.54, 1.807) is 4.90 Å². The zero-order valence-electron chi connectivity index (χ0n) is 19.6. The van der Waals surface area contributed by atoms with Gasteiger partial charge in [0.05, 0.1) is 13.0 Å². The van der Waals surface area contributed by atoms with Gasteiger partial charge in [-0.05, 0) is 35.2 Å². The number of carbonyl (C=O) groups is 3. The van der Waals surface area contributed by atoms with E-state index in [-0.39, 0.29) is 19.1 Å². The number of carboxylic acid groups (broad SMARTS) is 1. The number of aliphatic carboxylic acids is 1. The number of hydrogen-bond acceptors (Lipinski definition) is 6. The number of aliphatic hydroxyl groups is 1. The van der Waals surface area contributed by atoms with Crippen LogP contribution in [0.2, 0.25) is 0 Å². The summed E-state index contributed by atoms with van der Waals surface area (Å²) in [5.41, 5.74) is 4.34. The van der Waals surface area contributed by atoms with E-state index in [0.29, 0.717) is 32.6 Å². The number of hydrogen-bond donors (Lipinski definition) is 3. The van der Waals surface area contributed by atoms with Crippen molar-refractivity contribution in [2.75, 3.05) is 45.9 Å². The molecule has 1 fully saturated rings. The highest BCUT2D eigenvalue weighted by Gasteiger charge is 2.32. The van der Waals surface area contributed by atoms with Gasteiger partial charge in [-0.2, -0.15) is 0 Å². The van der Waals surface area contributed by atoms with Gasteiger partial charge in [0.15, 0.2) is 0 Å². The second kappa shape index (κ2) is 11.3. The van der Waals surface area contributed by atoms with Crippen LogP contribution in [0.1, 0.15) is 29.9 Å². The Morgan fingerprint density at radius 2 is 1.63 bits per heavy atom. The maximum atomic E-state index is 13.1. The van der Waals surface area contributed by atoms with Gasteiger partial charge in [0, 0.05) is 32.1 Å². The molecule has 2 aromatic rings. The standard InChI is InChI=1S/C26H31N3O6/c30-15-14-28-10-5-11-29(13-12-28)25(33)23(16-24(31)32)27-26(34)35-17-22-20-8-3-1-6-18(20)19-7-2-4-9-21(19)22/h1-4,6-9,22-23,30H,5,10-17H2,(H,27,34)(H,31,32). The van der Waals surface area contributed by atoms with Crippen LogP contribution in [0.4, 0.5) is 4.79 Å². The summed E-state index contributed by atoms with van der Waals surface area (Å²) in [6, 6.07) is 14.7. The van der Waals surface area contributed by atoms with Gasteiger partial charge in [-0.25, -0.2) is 4.79 Å². The van der Waals surface area contributed by atoms with Crippen LogP contribution in [-0.2, 0) is 14.3 Å². The molecule has 1 saturated heterocycles. The van der Waals surface area contributed by atoms with Gasteiger partial charge in [-0.1, -0.05) is 48.5 Å². The molecule has 4 rings (SSSR count). The van der Waals surface area contributed by atoms with Crippen molar-refractivity contribution in [1.29, 1.82) is 0 Å². The van der Waals surface area contributed by atoms with Gasteiger partial charge in [0.2, 0.25) is 5.91 Å². The number of ether oxygens (including phenoxy) is 1. The molecule has 0 aromatic heterocycles. The van der Waals surface area contributed by atoms with E-state index in [2.05, 4.69) is 10.2 Å². The lowest BCUT2D eigenvalue weighted by molar-refractivity contribution is -0.142. The van der Waals surface area contributed by atoms with Crippen molar-refractivity contribution in [2.45, 2.75) is 24.8 Å². The zero-order valence-corrected chi connectivity index (χ0v) is 19.6. The van der Waals surface area contributed by atoms with E-state index in [1.165, 1.54) is 0 Å². The highest BCUT2D eigenvalue weighted by molar-refractivity contribution is 5.89. The lowest BCUT2D eigenvalue weighted by atomic mass is 9.98. The Morgan fingerprint density at radius 1 is 0.971 bits per heavy atom. The van der Waals surface area contributed by atoms with Crippen molar-refractivity contribution in [3.8, 4) is 11.1 Å². The minimum absolute atomic E-state index is 0.0406. The Kier molecular flexibility index (Phi) is 7.99. The number of nitrogens with one attached hydrogen (secondary N) is 1. The number of alkyl carbamates (subject to hydrolysis) is 1. The van der Waals surface area contributed by atoms with E-state index < -0.39 is 30.4 Å². The minimum atomic E-state index is -1.22. The summed E-state index contributed by atoms with van der Waals surface area (Å²) < 4.78 is 5.51. The molecular formula is C26H31N3O6. The first-order chi connectivity index (χ1) is 17.0. The van der Waals surface area contributed by atoms with Crippen LogP contribution in [0, 0.1) is 0 Å². The number of carbonyl (C=O) groups excluding carboxylic acids is 2. The second-order valence-corrected chi connectivity index (χ2v) is 8.86. The van der Waals surface area contributed by atoms with Crippen LogP contribution in [0.5, 0.6) is 0 Å². The third-order valence-electron chi connectivity index (χ3n) is 6.63. The first kappa shape index (κ1) is 24.7. The normalized spacial score (nSPS) is 16.7. The van der Waals surface area contributed by atoms with Crippen LogP contribution in [0.25, 0.3) is 11.1 Å². The van der Waals surface area contributed by atoms with Crippen molar-refractivity contribution in [3.05, 3.63) is 59.7 Å². The fourth-order valence-electron chi connectivity index (χ4n) is 4.93. The van der Waals surface area contributed by atoms with E-state index in [4.69, 9.17) is 9.84 Å². The molecule has 1 aliphatic carbocycles. The smallest absolute Gasteiger partial charge is 0.407 e. The van der Waals surface area contributed by atoms with Gasteiger partial charge in [-0.3, -0.25) is 14.5 Å². The molecule has 0 saturated carbocycles. The summed E-state index contributed by atoms with van der Waals surface area (Å²) in [5, 5.41) is 21.0. The zero-order chi connectivity index (χ0) is 24.8. The molecule has 2 amide bonds. The number of fused-ring (bicyclic) bond motifs is 3. The molecule has 2 aromatic carbocycles. The molecule has 3 N–H and O–H groups in total. The molecule has 1 aliphatic heterocycles. The molecular weight excluding hydrogens is 450 g/mol. The predicted molar refractivity (Wildman–Crippen MR) is 129 cm³/mol. The summed E-state index contributed by atoms with van der Waals surface area (Å²) in [4.78, 5) is 40.8. The molecule has 1 atom stereocenters. The van der Waals surface area contributed by atoms with Gasteiger partial charge in [0.25, 0.3) is 0 Å². The Bertz CT molecular complexity index is 1030. The number of β-amino-alcohol motifs (C(OH)–C–C–N with tert-alkyl or cyclic N) is 1. The SMILES string of the molecule is O=C(O)CC(NC(=O)OCC1c2ccccc2-c2ccccc21)C(=O)N1CCCN(CCO)CC1. The number of nitrogens with zero attached hydrogens (tertiary/aromatic N) is 2. The lowest BCUT2D eigenvalue weighted by Crippen LogP contribution is -2.50. The Hall–Kier alpha value is -3.43. The van der Waals surface area contributed by atoms with E-state index in [0.717, 1.165) is 28.8 Å². The third-order valence-corrected chi connectivity index (χ3v) is 6.63. The number of benzene rings is 2. The fraction of sp³-hybridized carbons (Fsp3) is 0.423. The molecule has 0 spiro atoms. The summed E-state index contributed by atoms with van der Waals surface area (Å²) >= 11 is 0. The highest BCUT2D eigenvalue weighted by atomic mass is 16.5. The molecule has 9 heteroatoms. The minimum Gasteiger partial charge on any atom is -0.481 e. The fourth-order valence-corrected chi connectivity index (χ4v) is 4.93. The summed E-state index contributed by atoms with van der Waals surface area (Å²) in [5.74, 6) is -1.75. The predicted octanol–water partition coefficient (Wildman–Crippen LogP) is 1.90. The van der Waals surface area contributed by atoms with Crippen LogP contribution in [0.15, 0.2) is 48.5 Å². The molecule has 1 unspecified atom stereocenters. The van der Waals surface area contributed by atoms with Crippen molar-refractivity contribution in [2.24, 2.45) is 0 Å². The molecule has 186 valence electrons. The largest absolute Gasteiger partial charge is 0.481 e. The lowest BCUT2D eigenvalue weighted by Gasteiger charge is -2.26. The van der Waals surface area contributed by atoms with Crippen LogP contribution < -0.4 is 5.32 Å². The third kappa shape index (κ3) is 5.80. The van der Waals surface area contributed by atoms with E-state index in [9.17, 15) is 19.5 Å². The highest BCUT2D eigenvalue weighted by Crippen LogP contribution is 2.44. The topological polar surface area (TPSA) is 119 Å². The van der Waals surface area contributed by atoms with Crippen LogP contribution in [-0.4, -0.2) is 90.0 Å². The number of rotatable bonds is 8. The van der Waals surface area contributed by atoms with Gasteiger partial charge >= 0.3 is 12.1 Å². The molecule has 1 heterocycles. The number of amides is 2. The Balaban J connectivity index is 1.39. The van der Waals surface area contributed by atoms with Crippen molar-refractivity contribution >= 4 is 18.0 Å². The Labute approximate surface area is 204 Å². The van der Waals surface area contributed by atoms with Gasteiger partial charge in [0.1, 0.15) is 12.6 Å². The molecule has 0 radical (unpaired) electrons. The molecule has 35 heavy (non-hydrogen) atoms. The second-order valence-electron chi connectivity index (χ2n) is 8.86. The molecule has 9 nitrogen and oxygen atoms in total. The molecule has 2 aliphatic rings. The Morgan fingerprint density at radius 3 is 2.26 bits per heavy atom. The number of carboxylic acids is 1. The molecule has 0 bridgehead atoms. The van der Waals surface area contributed by atoms with Crippen molar-refractivity contribution < 1.29 is 29.3 Å². The summed E-state index contributed by atoms with van der Waals surface area (Å²) in [6.07, 6.45) is -0.640. The average molecular weight is 482 g/mol. The maximum absolute atomic E-state index is 13.1. The quantitative estimate of drug-likeness (QED) is 0.527. The van der Waals surface area contributed by atoms with Crippen molar-refractivity contribution in [1.82, 2.24) is 15.1 Å². The van der Waals surface area contributed by atoms with Crippen LogP contribution in [0.3, 0.4) is 0 Å². The van der Waals surface area contributed by atoms with Gasteiger partial charge < -0.3 is 25.2 Å². The first-order valence-electron chi connectivity index (χ1n) is 11.9. The monoisotopic (exact) mass is 481 g/mol. The average Bonchev–Trinajstić information content (AvgIpc) is 2.98.